The normalized spacial score (nSPS) is 11.8. The van der Waals surface area contributed by atoms with Crippen LogP contribution in [0.1, 0.15) is 29.2 Å². The summed E-state index contributed by atoms with van der Waals surface area (Å²) >= 11 is 0. The van der Waals surface area contributed by atoms with Gasteiger partial charge in [0, 0.05) is 63.8 Å². The van der Waals surface area contributed by atoms with E-state index >= 15 is 0 Å². The fourth-order valence-corrected chi connectivity index (χ4v) is 8.32. The number of aromatic nitrogens is 12. The van der Waals surface area contributed by atoms with Gasteiger partial charge >= 0.3 is 0 Å². The molecule has 0 fully saturated rings. The molecule has 38 heteroatoms. The number of rotatable bonds is 78. The van der Waals surface area contributed by atoms with E-state index in [1.165, 1.54) is 0 Å². The Labute approximate surface area is 586 Å². The number of hydrogen-bond donors (Lipinski definition) is 4. The zero-order valence-electron chi connectivity index (χ0n) is 58.5. The van der Waals surface area contributed by atoms with Gasteiger partial charge in [0.25, 0.3) is 0 Å². The number of aliphatic hydroxyl groups is 3. The molecule has 0 spiro atoms. The van der Waals surface area contributed by atoms with Gasteiger partial charge in [-0.15, -0.1) is 20.4 Å². The van der Waals surface area contributed by atoms with Crippen LogP contribution in [-0.2, 0) is 152 Å². The number of aryl methyl sites for hydroxylation is 1. The highest BCUT2D eigenvalue weighted by Crippen LogP contribution is 2.12. The number of hydrogen-bond acceptors (Lipinski definition) is 33. The number of carbonyl (C=O) groups is 1. The lowest BCUT2D eigenvalue weighted by molar-refractivity contribution is -0.121. The van der Waals surface area contributed by atoms with Crippen molar-refractivity contribution in [3.8, 4) is 0 Å². The van der Waals surface area contributed by atoms with Crippen molar-refractivity contribution in [3.05, 3.63) is 47.6 Å². The molecule has 4 N–H and O–H groups in total. The van der Waals surface area contributed by atoms with Crippen molar-refractivity contribution >= 4 is 5.91 Å². The van der Waals surface area contributed by atoms with Gasteiger partial charge in [0.1, 0.15) is 0 Å². The molecule has 4 aromatic rings. The van der Waals surface area contributed by atoms with Gasteiger partial charge in [0.2, 0.25) is 5.91 Å². The predicted octanol–water partition coefficient (Wildman–Crippen LogP) is -2.69. The van der Waals surface area contributed by atoms with E-state index in [9.17, 15) is 4.79 Å². The summed E-state index contributed by atoms with van der Waals surface area (Å²) in [5.74, 6) is -0.0847. The minimum atomic E-state index is -0.0847. The number of amides is 1. The van der Waals surface area contributed by atoms with Gasteiger partial charge in [-0.2, -0.15) is 0 Å². The Bertz CT molecular complexity index is 2340. The molecule has 0 atom stereocenters. The van der Waals surface area contributed by atoms with Crippen LogP contribution in [0.4, 0.5) is 0 Å². The molecule has 0 aromatic carbocycles. The Morgan fingerprint density at radius 3 is 0.730 bits per heavy atom. The highest BCUT2D eigenvalue weighted by molar-refractivity contribution is 5.76. The average Bonchev–Trinajstić information content (AvgIpc) is 1.80. The van der Waals surface area contributed by atoms with E-state index in [4.69, 9.17) is 110 Å². The summed E-state index contributed by atoms with van der Waals surface area (Å²) in [6, 6.07) is 0. The third-order valence-corrected chi connectivity index (χ3v) is 13.2. The first kappa shape index (κ1) is 87.5. The summed E-state index contributed by atoms with van der Waals surface area (Å²) in [5, 5.41) is 63.5. The highest BCUT2D eigenvalue weighted by atomic mass is 16.6. The second kappa shape index (κ2) is 66.1. The summed E-state index contributed by atoms with van der Waals surface area (Å²) in [5.41, 5.74) is 3.02. The molecule has 0 bridgehead atoms. The monoisotopic (exact) mass is 1440 g/mol. The van der Waals surface area contributed by atoms with Crippen molar-refractivity contribution in [2.75, 3.05) is 291 Å². The third-order valence-electron chi connectivity index (χ3n) is 13.2. The van der Waals surface area contributed by atoms with Crippen molar-refractivity contribution in [2.24, 2.45) is 0 Å². The Kier molecular flexibility index (Phi) is 57.8. The molecule has 576 valence electrons. The number of carbonyl (C=O) groups excluding carboxylic acids is 1. The lowest BCUT2D eigenvalue weighted by Gasteiger charge is -2.18. The van der Waals surface area contributed by atoms with Crippen LogP contribution >= 0.6 is 0 Å². The van der Waals surface area contributed by atoms with Crippen molar-refractivity contribution in [1.82, 2.24) is 70.2 Å². The average molecular weight is 1440 g/mol. The van der Waals surface area contributed by atoms with Crippen molar-refractivity contribution in [2.45, 2.75) is 58.7 Å². The first-order chi connectivity index (χ1) is 49.5. The number of nitrogens with zero attached hydrogens (tertiary/aromatic N) is 13. The smallest absolute Gasteiger partial charge is 0.220 e. The molecule has 0 aliphatic rings. The van der Waals surface area contributed by atoms with E-state index in [0.29, 0.717) is 329 Å². The molecule has 38 nitrogen and oxygen atoms in total. The second-order valence-corrected chi connectivity index (χ2v) is 21.3. The van der Waals surface area contributed by atoms with Crippen molar-refractivity contribution in [1.29, 1.82) is 0 Å². The van der Waals surface area contributed by atoms with Crippen LogP contribution in [0.5, 0.6) is 0 Å². The van der Waals surface area contributed by atoms with E-state index in [1.54, 1.807) is 18.7 Å². The fourth-order valence-electron chi connectivity index (χ4n) is 8.32. The zero-order chi connectivity index (χ0) is 70.6. The molecule has 0 aliphatic heterocycles. The van der Waals surface area contributed by atoms with Gasteiger partial charge in [-0.05, 0) is 0 Å². The van der Waals surface area contributed by atoms with Crippen LogP contribution in [0.3, 0.4) is 0 Å². The Balaban J connectivity index is 0.868. The van der Waals surface area contributed by atoms with Gasteiger partial charge in [-0.1, -0.05) is 20.9 Å². The Morgan fingerprint density at radius 2 is 0.490 bits per heavy atom. The maximum atomic E-state index is 12.2. The zero-order valence-corrected chi connectivity index (χ0v) is 58.5. The standard InChI is InChI=1S/C62H114N14O24/c77-8-16-86-24-32-90-28-20-82-12-4-73-54-58(64-68-73)1-2-62(80)63-3-11-81-19-27-89-35-37-94-39-41-96-43-45-98-47-49-100-50-48-99-46-44-97-42-40-95-38-36-93-31-23-85-15-7-76-57-61(67-71-76)53-72(51-59-55-74(69-65-59)5-13-83-21-29-91-33-25-87-17-9-78)52-60-56-75(70-66-60)6-14-84-22-30-92-34-26-88-18-10-79/h54-57,77-79H,1-53H2,(H,63,80). The first-order valence-electron chi connectivity index (χ1n) is 34.5. The van der Waals surface area contributed by atoms with Gasteiger partial charge in [0.15, 0.2) is 0 Å². The molecule has 0 saturated heterocycles. The molecule has 1 amide bonds. The first-order valence-corrected chi connectivity index (χ1v) is 34.5. The quantitative estimate of drug-likeness (QED) is 0.0327. The van der Waals surface area contributed by atoms with E-state index in [-0.39, 0.29) is 25.7 Å². The number of ether oxygens (including phenoxy) is 20. The van der Waals surface area contributed by atoms with Crippen LogP contribution in [0.25, 0.3) is 0 Å². The Hall–Kier alpha value is -4.93. The molecule has 0 aliphatic carbocycles. The minimum Gasteiger partial charge on any atom is -0.394 e. The molecule has 4 rings (SSSR count). The number of aliphatic hydroxyl groups excluding tert-OH is 3. The van der Waals surface area contributed by atoms with E-state index in [2.05, 4.69) is 51.5 Å². The van der Waals surface area contributed by atoms with Crippen LogP contribution in [0, 0.1) is 0 Å². The molecule has 0 radical (unpaired) electrons. The number of nitrogens with one attached hydrogen (secondary N) is 1. The van der Waals surface area contributed by atoms with E-state index in [1.807, 2.05) is 24.8 Å². The lowest BCUT2D eigenvalue weighted by atomic mass is 10.2. The van der Waals surface area contributed by atoms with Gasteiger partial charge in [-0.25, -0.2) is 18.7 Å². The molecular weight excluding hydrogens is 1320 g/mol. The fraction of sp³-hybridized carbons (Fsp3) is 0.855. The van der Waals surface area contributed by atoms with Crippen LogP contribution in [0.15, 0.2) is 24.8 Å². The summed E-state index contributed by atoms with van der Waals surface area (Å²) in [6.07, 6.45) is 8.28. The van der Waals surface area contributed by atoms with Crippen molar-refractivity contribution < 1.29 is 115 Å². The van der Waals surface area contributed by atoms with E-state index < -0.39 is 0 Å². The van der Waals surface area contributed by atoms with Crippen LogP contribution in [-0.4, -0.2) is 377 Å². The topological polar surface area (TPSA) is 400 Å². The molecular formula is C62H114N14O24. The molecule has 0 saturated carbocycles. The van der Waals surface area contributed by atoms with Crippen molar-refractivity contribution in [3.63, 3.8) is 0 Å². The van der Waals surface area contributed by atoms with Gasteiger partial charge in [-0.3, -0.25) is 9.69 Å². The SMILES string of the molecule is O=C(CCc1cn(CCOCCOCCOCCO)nn1)NCCOCCOCCOCCOCCOCCOCCOCCOCCOCCOCCOCCn1cc(CN(Cc2cn(CCOCCOCCOCCO)nn2)Cc2cn(CCOCCOCCOCCO)nn2)nn1. The largest absolute Gasteiger partial charge is 0.394 e. The van der Waals surface area contributed by atoms with Gasteiger partial charge in [0.05, 0.1) is 333 Å². The summed E-state index contributed by atoms with van der Waals surface area (Å²) in [7, 11) is 0. The minimum absolute atomic E-state index is 0.00131. The predicted molar refractivity (Wildman–Crippen MR) is 352 cm³/mol. The second-order valence-electron chi connectivity index (χ2n) is 21.3. The third kappa shape index (κ3) is 52.1. The molecule has 0 unspecified atom stereocenters. The van der Waals surface area contributed by atoms with Gasteiger partial charge < -0.3 is 115 Å². The summed E-state index contributed by atoms with van der Waals surface area (Å²) < 4.78 is 117. The molecule has 4 aromatic heterocycles. The van der Waals surface area contributed by atoms with Crippen LogP contribution in [0.2, 0.25) is 0 Å². The highest BCUT2D eigenvalue weighted by Gasteiger charge is 2.16. The molecule has 4 heterocycles. The molecule has 100 heavy (non-hydrogen) atoms. The maximum Gasteiger partial charge on any atom is 0.220 e. The summed E-state index contributed by atoms with van der Waals surface area (Å²) in [4.78, 5) is 14.4. The Morgan fingerprint density at radius 1 is 0.290 bits per heavy atom. The van der Waals surface area contributed by atoms with Crippen LogP contribution < -0.4 is 5.32 Å². The maximum absolute atomic E-state index is 12.2. The summed E-state index contributed by atoms with van der Waals surface area (Å²) in [6.45, 7) is 21.1. The van der Waals surface area contributed by atoms with E-state index in [0.717, 1.165) is 22.8 Å². The lowest BCUT2D eigenvalue weighted by Crippen LogP contribution is -2.27.